The summed E-state index contributed by atoms with van der Waals surface area (Å²) in [6.45, 7) is 0. The second-order valence-corrected chi connectivity index (χ2v) is 5.48. The lowest BCUT2D eigenvalue weighted by molar-refractivity contribution is 0.229. The molecule has 2 aromatic rings. The Morgan fingerprint density at radius 2 is 2.11 bits per heavy atom. The van der Waals surface area contributed by atoms with Crippen molar-refractivity contribution in [1.29, 1.82) is 0 Å². The number of nitrogens with two attached hydrogens (primary N) is 1. The Kier molecular flexibility index (Phi) is 2.87. The summed E-state index contributed by atoms with van der Waals surface area (Å²) >= 11 is 1.67. The summed E-state index contributed by atoms with van der Waals surface area (Å²) < 4.78 is 5.36. The zero-order valence-electron chi connectivity index (χ0n) is 10.2. The predicted molar refractivity (Wildman–Crippen MR) is 71.2 cm³/mol. The minimum Gasteiger partial charge on any atom is -0.334 e. The highest BCUT2D eigenvalue weighted by Gasteiger charge is 2.39. The molecule has 1 aliphatic carbocycles. The van der Waals surface area contributed by atoms with Crippen LogP contribution in [0.25, 0.3) is 11.5 Å². The molecule has 1 heterocycles. The summed E-state index contributed by atoms with van der Waals surface area (Å²) in [6.07, 6.45) is 5.06. The number of rotatable bonds is 3. The van der Waals surface area contributed by atoms with E-state index >= 15 is 0 Å². The smallest absolute Gasteiger partial charge is 0.259 e. The third-order valence-electron chi connectivity index (χ3n) is 3.45. The first kappa shape index (κ1) is 11.7. The largest absolute Gasteiger partial charge is 0.334 e. The van der Waals surface area contributed by atoms with E-state index in [9.17, 15) is 0 Å². The number of hydrogen-bond acceptors (Lipinski definition) is 5. The van der Waals surface area contributed by atoms with Crippen molar-refractivity contribution in [3.8, 4) is 11.5 Å². The fourth-order valence-corrected chi connectivity index (χ4v) is 2.73. The number of nitrogens with zero attached hydrogens (tertiary/aromatic N) is 2. The van der Waals surface area contributed by atoms with Gasteiger partial charge >= 0.3 is 0 Å². The summed E-state index contributed by atoms with van der Waals surface area (Å²) in [5, 5.41) is 4.04. The van der Waals surface area contributed by atoms with Crippen LogP contribution in [0.2, 0.25) is 0 Å². The van der Waals surface area contributed by atoms with Crippen LogP contribution >= 0.6 is 11.8 Å². The quantitative estimate of drug-likeness (QED) is 0.861. The van der Waals surface area contributed by atoms with E-state index in [1.807, 2.05) is 30.5 Å². The second-order valence-electron chi connectivity index (χ2n) is 4.63. The number of hydrogen-bond donors (Lipinski definition) is 1. The third-order valence-corrected chi connectivity index (χ3v) is 4.25. The van der Waals surface area contributed by atoms with Gasteiger partial charge in [0.25, 0.3) is 5.89 Å². The van der Waals surface area contributed by atoms with Crippen molar-refractivity contribution in [2.45, 2.75) is 29.7 Å². The van der Waals surface area contributed by atoms with Gasteiger partial charge in [0.15, 0.2) is 5.82 Å². The van der Waals surface area contributed by atoms with E-state index in [1.165, 1.54) is 0 Å². The highest BCUT2D eigenvalue weighted by atomic mass is 32.2. The van der Waals surface area contributed by atoms with Crippen molar-refractivity contribution >= 4 is 11.8 Å². The third kappa shape index (κ3) is 1.83. The SMILES string of the molecule is CSc1ccccc1-c1nc(C2(N)CCC2)no1. The van der Waals surface area contributed by atoms with Gasteiger partial charge < -0.3 is 10.3 Å². The molecule has 1 aromatic carbocycles. The molecule has 94 valence electrons. The molecule has 1 aromatic heterocycles. The number of benzene rings is 1. The van der Waals surface area contributed by atoms with Gasteiger partial charge in [-0.1, -0.05) is 17.3 Å². The normalized spacial score (nSPS) is 17.4. The van der Waals surface area contributed by atoms with Crippen molar-refractivity contribution in [1.82, 2.24) is 10.1 Å². The minimum absolute atomic E-state index is 0.365. The predicted octanol–water partition coefficient (Wildman–Crippen LogP) is 2.80. The first-order valence-electron chi connectivity index (χ1n) is 5.99. The fourth-order valence-electron chi connectivity index (χ4n) is 2.14. The van der Waals surface area contributed by atoms with E-state index < -0.39 is 0 Å². The highest BCUT2D eigenvalue weighted by Crippen LogP contribution is 2.38. The van der Waals surface area contributed by atoms with Gasteiger partial charge in [-0.2, -0.15) is 4.98 Å². The lowest BCUT2D eigenvalue weighted by Crippen LogP contribution is -2.44. The van der Waals surface area contributed by atoms with Crippen LogP contribution in [0.5, 0.6) is 0 Å². The molecule has 0 bridgehead atoms. The molecular weight excluding hydrogens is 246 g/mol. The molecule has 4 nitrogen and oxygen atoms in total. The zero-order valence-corrected chi connectivity index (χ0v) is 11.0. The summed E-state index contributed by atoms with van der Waals surface area (Å²) in [5.74, 6) is 1.20. The number of aromatic nitrogens is 2. The molecule has 1 saturated carbocycles. The fraction of sp³-hybridized carbons (Fsp3) is 0.385. The van der Waals surface area contributed by atoms with Gasteiger partial charge in [-0.3, -0.25) is 0 Å². The van der Waals surface area contributed by atoms with Gasteiger partial charge in [0, 0.05) is 4.90 Å². The van der Waals surface area contributed by atoms with E-state index in [0.29, 0.717) is 11.7 Å². The first-order chi connectivity index (χ1) is 8.73. The van der Waals surface area contributed by atoms with E-state index in [4.69, 9.17) is 10.3 Å². The zero-order chi connectivity index (χ0) is 12.6. The van der Waals surface area contributed by atoms with Crippen LogP contribution in [0.1, 0.15) is 25.1 Å². The summed E-state index contributed by atoms with van der Waals surface area (Å²) in [4.78, 5) is 5.60. The van der Waals surface area contributed by atoms with Gasteiger partial charge in [0.1, 0.15) is 0 Å². The minimum atomic E-state index is -0.365. The molecule has 1 aliphatic rings. The lowest BCUT2D eigenvalue weighted by atomic mass is 9.77. The molecule has 18 heavy (non-hydrogen) atoms. The Labute approximate surface area is 110 Å². The van der Waals surface area contributed by atoms with Gasteiger partial charge in [-0.25, -0.2) is 0 Å². The highest BCUT2D eigenvalue weighted by molar-refractivity contribution is 7.98. The van der Waals surface area contributed by atoms with E-state index in [2.05, 4.69) is 10.1 Å². The van der Waals surface area contributed by atoms with Crippen LogP contribution in [0.15, 0.2) is 33.7 Å². The molecule has 3 rings (SSSR count). The number of thioether (sulfide) groups is 1. The standard InChI is InChI=1S/C13H15N3OS/c1-18-10-6-3-2-5-9(10)11-15-12(16-17-11)13(14)7-4-8-13/h2-3,5-6H,4,7-8,14H2,1H3. The van der Waals surface area contributed by atoms with E-state index in [1.54, 1.807) is 11.8 Å². The van der Waals surface area contributed by atoms with Crippen molar-refractivity contribution in [3.63, 3.8) is 0 Å². The molecule has 0 radical (unpaired) electrons. The van der Waals surface area contributed by atoms with Crippen LogP contribution in [-0.2, 0) is 5.54 Å². The maximum atomic E-state index is 6.20. The van der Waals surface area contributed by atoms with E-state index in [0.717, 1.165) is 29.7 Å². The average molecular weight is 261 g/mol. The molecular formula is C13H15N3OS. The van der Waals surface area contributed by atoms with Crippen molar-refractivity contribution in [2.75, 3.05) is 6.26 Å². The topological polar surface area (TPSA) is 64.9 Å². The van der Waals surface area contributed by atoms with Crippen molar-refractivity contribution in [3.05, 3.63) is 30.1 Å². The van der Waals surface area contributed by atoms with Crippen LogP contribution in [0.4, 0.5) is 0 Å². The van der Waals surface area contributed by atoms with Crippen molar-refractivity contribution in [2.24, 2.45) is 5.73 Å². The van der Waals surface area contributed by atoms with Crippen LogP contribution in [0, 0.1) is 0 Å². The van der Waals surface area contributed by atoms with Crippen LogP contribution < -0.4 is 5.73 Å². The Morgan fingerprint density at radius 3 is 2.78 bits per heavy atom. The lowest BCUT2D eigenvalue weighted by Gasteiger charge is -2.34. The summed E-state index contributed by atoms with van der Waals surface area (Å²) in [6, 6.07) is 8.02. The van der Waals surface area contributed by atoms with Gasteiger partial charge in [-0.15, -0.1) is 11.8 Å². The van der Waals surface area contributed by atoms with Crippen LogP contribution in [-0.4, -0.2) is 16.4 Å². The molecule has 0 unspecified atom stereocenters. The Bertz CT molecular complexity index is 563. The van der Waals surface area contributed by atoms with Crippen LogP contribution in [0.3, 0.4) is 0 Å². The Morgan fingerprint density at radius 1 is 1.33 bits per heavy atom. The first-order valence-corrected chi connectivity index (χ1v) is 7.22. The molecule has 0 spiro atoms. The molecule has 0 saturated heterocycles. The molecule has 5 heteroatoms. The maximum Gasteiger partial charge on any atom is 0.259 e. The van der Waals surface area contributed by atoms with Gasteiger partial charge in [-0.05, 0) is 37.7 Å². The molecule has 0 amide bonds. The van der Waals surface area contributed by atoms with Gasteiger partial charge in [0.05, 0.1) is 11.1 Å². The second kappa shape index (κ2) is 4.40. The summed E-state index contributed by atoms with van der Waals surface area (Å²) in [5.41, 5.74) is 6.81. The molecule has 0 atom stereocenters. The maximum absolute atomic E-state index is 6.20. The molecule has 2 N–H and O–H groups in total. The van der Waals surface area contributed by atoms with Crippen molar-refractivity contribution < 1.29 is 4.52 Å². The van der Waals surface area contributed by atoms with E-state index in [-0.39, 0.29) is 5.54 Å². The Hall–Kier alpha value is -1.33. The average Bonchev–Trinajstić information content (AvgIpc) is 2.85. The van der Waals surface area contributed by atoms with Gasteiger partial charge in [0.2, 0.25) is 0 Å². The summed E-state index contributed by atoms with van der Waals surface area (Å²) in [7, 11) is 0. The molecule has 0 aliphatic heterocycles. The Balaban J connectivity index is 1.98. The molecule has 1 fully saturated rings. The monoisotopic (exact) mass is 261 g/mol.